The van der Waals surface area contributed by atoms with Gasteiger partial charge in [-0.2, -0.15) is 5.10 Å². The summed E-state index contributed by atoms with van der Waals surface area (Å²) < 4.78 is 5.52. The molecule has 4 heteroatoms. The molecule has 78 valence electrons. The Kier molecular flexibility index (Phi) is 3.16. The van der Waals surface area contributed by atoms with Crippen molar-refractivity contribution in [3.8, 4) is 0 Å². The van der Waals surface area contributed by atoms with Gasteiger partial charge in [-0.15, -0.1) is 0 Å². The lowest BCUT2D eigenvalue weighted by Gasteiger charge is -2.09. The van der Waals surface area contributed by atoms with E-state index in [0.29, 0.717) is 6.10 Å². The van der Waals surface area contributed by atoms with E-state index in [2.05, 4.69) is 15.5 Å². The number of rotatable bonds is 4. The highest BCUT2D eigenvalue weighted by Gasteiger charge is 2.14. The largest absolute Gasteiger partial charge is 0.377 e. The van der Waals surface area contributed by atoms with Gasteiger partial charge in [-0.3, -0.25) is 5.10 Å². The van der Waals surface area contributed by atoms with E-state index >= 15 is 0 Å². The second kappa shape index (κ2) is 4.57. The summed E-state index contributed by atoms with van der Waals surface area (Å²) in [4.78, 5) is 0. The molecule has 2 heterocycles. The Morgan fingerprint density at radius 2 is 2.64 bits per heavy atom. The maximum absolute atomic E-state index is 5.52. The van der Waals surface area contributed by atoms with Crippen LogP contribution >= 0.6 is 0 Å². The fraction of sp³-hybridized carbons (Fsp3) is 0.700. The van der Waals surface area contributed by atoms with E-state index in [9.17, 15) is 0 Å². The molecule has 0 aliphatic carbocycles. The molecule has 2 rings (SSSR count). The minimum Gasteiger partial charge on any atom is -0.377 e. The molecule has 0 unspecified atom stereocenters. The van der Waals surface area contributed by atoms with Crippen LogP contribution in [0.5, 0.6) is 0 Å². The average Bonchev–Trinajstić information content (AvgIpc) is 2.78. The molecule has 0 radical (unpaired) electrons. The van der Waals surface area contributed by atoms with Crippen molar-refractivity contribution < 1.29 is 4.74 Å². The van der Waals surface area contributed by atoms with Crippen molar-refractivity contribution in [1.82, 2.24) is 15.5 Å². The highest BCUT2D eigenvalue weighted by Crippen LogP contribution is 2.11. The molecule has 0 saturated carbocycles. The normalized spacial score (nSPS) is 21.6. The topological polar surface area (TPSA) is 49.9 Å². The van der Waals surface area contributed by atoms with Crippen molar-refractivity contribution in [2.75, 3.05) is 13.2 Å². The summed E-state index contributed by atoms with van der Waals surface area (Å²) in [5.74, 6) is 0. The van der Waals surface area contributed by atoms with Crippen LogP contribution in [-0.2, 0) is 11.3 Å². The van der Waals surface area contributed by atoms with E-state index < -0.39 is 0 Å². The third-order valence-electron chi connectivity index (χ3n) is 2.65. The minimum atomic E-state index is 0.419. The first-order valence-corrected chi connectivity index (χ1v) is 5.17. The Morgan fingerprint density at radius 1 is 1.71 bits per heavy atom. The smallest absolute Gasteiger partial charge is 0.0700 e. The molecule has 1 fully saturated rings. The third-order valence-corrected chi connectivity index (χ3v) is 2.65. The van der Waals surface area contributed by atoms with Gasteiger partial charge in [-0.25, -0.2) is 0 Å². The monoisotopic (exact) mass is 195 g/mol. The summed E-state index contributed by atoms with van der Waals surface area (Å²) in [6.07, 6.45) is 4.69. The molecule has 1 atom stereocenters. The summed E-state index contributed by atoms with van der Waals surface area (Å²) >= 11 is 0. The highest BCUT2D eigenvalue weighted by molar-refractivity contribution is 5.13. The lowest BCUT2D eigenvalue weighted by molar-refractivity contribution is 0.110. The maximum atomic E-state index is 5.52. The van der Waals surface area contributed by atoms with E-state index in [1.54, 1.807) is 0 Å². The number of hydrogen-bond donors (Lipinski definition) is 2. The Hall–Kier alpha value is -0.870. The van der Waals surface area contributed by atoms with Crippen molar-refractivity contribution in [3.63, 3.8) is 0 Å². The van der Waals surface area contributed by atoms with Crippen molar-refractivity contribution in [2.24, 2.45) is 0 Å². The fourth-order valence-corrected chi connectivity index (χ4v) is 1.73. The van der Waals surface area contributed by atoms with Crippen LogP contribution in [0.4, 0.5) is 0 Å². The van der Waals surface area contributed by atoms with Gasteiger partial charge < -0.3 is 10.1 Å². The Labute approximate surface area is 84.0 Å². The van der Waals surface area contributed by atoms with Crippen molar-refractivity contribution >= 4 is 0 Å². The molecular weight excluding hydrogens is 178 g/mol. The number of H-pyrrole nitrogens is 1. The lowest BCUT2D eigenvalue weighted by atomic mass is 10.2. The van der Waals surface area contributed by atoms with Crippen LogP contribution in [0, 0.1) is 6.92 Å². The van der Waals surface area contributed by atoms with Gasteiger partial charge in [0.1, 0.15) is 0 Å². The van der Waals surface area contributed by atoms with Gasteiger partial charge in [-0.1, -0.05) is 0 Å². The Balaban J connectivity index is 1.70. The molecule has 1 aliphatic heterocycles. The van der Waals surface area contributed by atoms with Crippen LogP contribution in [0.25, 0.3) is 0 Å². The van der Waals surface area contributed by atoms with E-state index in [0.717, 1.165) is 25.4 Å². The minimum absolute atomic E-state index is 0.419. The summed E-state index contributed by atoms with van der Waals surface area (Å²) in [6, 6.07) is 0. The third kappa shape index (κ3) is 2.33. The number of hydrogen-bond acceptors (Lipinski definition) is 3. The standard InChI is InChI=1S/C10H17N3O/c1-8-9(6-12-13-8)5-11-7-10-3-2-4-14-10/h6,10-11H,2-5,7H2,1H3,(H,12,13)/t10-/m1/s1. The molecule has 0 aromatic carbocycles. The van der Waals surface area contributed by atoms with Crippen LogP contribution in [-0.4, -0.2) is 29.5 Å². The molecular formula is C10H17N3O. The summed E-state index contributed by atoms with van der Waals surface area (Å²) in [6.45, 7) is 4.79. The first-order valence-electron chi connectivity index (χ1n) is 5.17. The van der Waals surface area contributed by atoms with Gasteiger partial charge in [0.15, 0.2) is 0 Å². The van der Waals surface area contributed by atoms with Crippen LogP contribution in [0.15, 0.2) is 6.20 Å². The van der Waals surface area contributed by atoms with E-state index in [1.807, 2.05) is 13.1 Å². The van der Waals surface area contributed by atoms with Crippen LogP contribution in [0.2, 0.25) is 0 Å². The van der Waals surface area contributed by atoms with Crippen molar-refractivity contribution in [1.29, 1.82) is 0 Å². The average molecular weight is 195 g/mol. The molecule has 1 aromatic heterocycles. The van der Waals surface area contributed by atoms with Gasteiger partial charge in [-0.05, 0) is 19.8 Å². The number of aromatic nitrogens is 2. The first-order chi connectivity index (χ1) is 6.86. The first kappa shape index (κ1) is 9.68. The number of ether oxygens (including phenoxy) is 1. The predicted octanol–water partition coefficient (Wildman–Crippen LogP) is 0.987. The summed E-state index contributed by atoms with van der Waals surface area (Å²) in [7, 11) is 0. The van der Waals surface area contributed by atoms with Crippen molar-refractivity contribution in [2.45, 2.75) is 32.4 Å². The second-order valence-corrected chi connectivity index (χ2v) is 3.79. The second-order valence-electron chi connectivity index (χ2n) is 3.79. The van der Waals surface area contributed by atoms with Crippen molar-refractivity contribution in [3.05, 3.63) is 17.5 Å². The SMILES string of the molecule is Cc1[nH]ncc1CNC[C@H]1CCCO1. The molecule has 0 bridgehead atoms. The van der Waals surface area contributed by atoms with E-state index in [1.165, 1.54) is 18.4 Å². The van der Waals surface area contributed by atoms with Crippen LogP contribution in [0.3, 0.4) is 0 Å². The Morgan fingerprint density at radius 3 is 3.29 bits per heavy atom. The Bertz CT molecular complexity index is 279. The van der Waals surface area contributed by atoms with Gasteiger partial charge >= 0.3 is 0 Å². The molecule has 4 nitrogen and oxygen atoms in total. The van der Waals surface area contributed by atoms with Gasteiger partial charge in [0.2, 0.25) is 0 Å². The predicted molar refractivity (Wildman–Crippen MR) is 54.0 cm³/mol. The number of nitrogens with zero attached hydrogens (tertiary/aromatic N) is 1. The number of nitrogens with one attached hydrogen (secondary N) is 2. The zero-order valence-corrected chi connectivity index (χ0v) is 8.55. The molecule has 1 aromatic rings. The van der Waals surface area contributed by atoms with E-state index in [4.69, 9.17) is 4.74 Å². The molecule has 1 saturated heterocycles. The number of aryl methyl sites for hydroxylation is 1. The van der Waals surface area contributed by atoms with Crippen LogP contribution in [0.1, 0.15) is 24.1 Å². The lowest BCUT2D eigenvalue weighted by Crippen LogP contribution is -2.25. The number of aromatic amines is 1. The quantitative estimate of drug-likeness (QED) is 0.753. The molecule has 0 spiro atoms. The van der Waals surface area contributed by atoms with Crippen LogP contribution < -0.4 is 5.32 Å². The van der Waals surface area contributed by atoms with E-state index in [-0.39, 0.29) is 0 Å². The zero-order chi connectivity index (χ0) is 9.80. The molecule has 2 N–H and O–H groups in total. The molecule has 14 heavy (non-hydrogen) atoms. The van der Waals surface area contributed by atoms with Gasteiger partial charge in [0.05, 0.1) is 12.3 Å². The fourth-order valence-electron chi connectivity index (χ4n) is 1.73. The maximum Gasteiger partial charge on any atom is 0.0700 e. The summed E-state index contributed by atoms with van der Waals surface area (Å²) in [5.41, 5.74) is 2.38. The molecule has 1 aliphatic rings. The van der Waals surface area contributed by atoms with Gasteiger partial charge in [0.25, 0.3) is 0 Å². The van der Waals surface area contributed by atoms with Gasteiger partial charge in [0, 0.05) is 31.0 Å². The summed E-state index contributed by atoms with van der Waals surface area (Å²) in [5, 5.41) is 10.3. The highest BCUT2D eigenvalue weighted by atomic mass is 16.5. The molecule has 0 amide bonds. The zero-order valence-electron chi connectivity index (χ0n) is 8.55.